The molecule has 0 radical (unpaired) electrons. The van der Waals surface area contributed by atoms with Crippen LogP contribution < -0.4 is 0 Å². The Labute approximate surface area is 172 Å². The predicted octanol–water partition coefficient (Wildman–Crippen LogP) is 0.122. The van der Waals surface area contributed by atoms with Crippen molar-refractivity contribution in [3.05, 3.63) is 29.6 Å². The molecule has 1 aromatic rings. The van der Waals surface area contributed by atoms with Crippen molar-refractivity contribution in [1.29, 1.82) is 0 Å². The average Bonchev–Trinajstić information content (AvgIpc) is 2.65. The lowest BCUT2D eigenvalue weighted by Crippen LogP contribution is -2.43. The molecule has 0 amide bonds. The summed E-state index contributed by atoms with van der Waals surface area (Å²) in [6, 6.07) is 6.06. The van der Waals surface area contributed by atoms with Crippen molar-refractivity contribution in [1.82, 2.24) is 24.6 Å². The number of rotatable bonds is 8. The summed E-state index contributed by atoms with van der Waals surface area (Å²) < 4.78 is 0. The third-order valence-corrected chi connectivity index (χ3v) is 5.11. The molecule has 1 aliphatic heterocycles. The lowest BCUT2D eigenvalue weighted by Gasteiger charge is -2.30. The number of likely N-dealkylation sites (N-methyl/N-ethyl adjacent to an activating group) is 2. The molecule has 0 spiro atoms. The Kier molecular flexibility index (Phi) is 9.46. The van der Waals surface area contributed by atoms with Gasteiger partial charge in [-0.05, 0) is 25.7 Å². The van der Waals surface area contributed by atoms with Crippen molar-refractivity contribution in [2.75, 3.05) is 66.0 Å². The second kappa shape index (κ2) is 11.8. The number of carboxylic acids is 2. The van der Waals surface area contributed by atoms with Gasteiger partial charge in [-0.25, -0.2) is 0 Å². The van der Waals surface area contributed by atoms with Gasteiger partial charge in [0.25, 0.3) is 0 Å². The molecule has 0 aromatic carbocycles. The second-order valence-corrected chi connectivity index (χ2v) is 7.57. The summed E-state index contributed by atoms with van der Waals surface area (Å²) in [5, 5.41) is 18.2. The van der Waals surface area contributed by atoms with Gasteiger partial charge in [-0.1, -0.05) is 13.0 Å². The SMILES string of the molecule is CCN1CCN(CC(=O)O)CCN(CCN(C)CC(=O)O)Cc2cccc(n2)C1. The van der Waals surface area contributed by atoms with Gasteiger partial charge in [0.15, 0.2) is 0 Å². The molecule has 0 fully saturated rings. The molecule has 2 rings (SSSR count). The molecule has 9 heteroatoms. The summed E-state index contributed by atoms with van der Waals surface area (Å²) in [4.78, 5) is 35.2. The third kappa shape index (κ3) is 8.86. The van der Waals surface area contributed by atoms with Crippen LogP contribution in [0.15, 0.2) is 18.2 Å². The van der Waals surface area contributed by atoms with Gasteiger partial charge in [0, 0.05) is 52.4 Å². The van der Waals surface area contributed by atoms with Crippen LogP contribution >= 0.6 is 0 Å². The first-order chi connectivity index (χ1) is 13.9. The smallest absolute Gasteiger partial charge is 0.317 e. The van der Waals surface area contributed by atoms with E-state index in [-0.39, 0.29) is 13.1 Å². The molecule has 0 aliphatic carbocycles. The summed E-state index contributed by atoms with van der Waals surface area (Å²) in [5.41, 5.74) is 1.99. The Morgan fingerprint density at radius 3 is 2.17 bits per heavy atom. The Balaban J connectivity index is 2.13. The van der Waals surface area contributed by atoms with Crippen LogP contribution in [-0.4, -0.2) is 113 Å². The van der Waals surface area contributed by atoms with E-state index in [2.05, 4.69) is 16.7 Å². The van der Waals surface area contributed by atoms with Gasteiger partial charge < -0.3 is 10.2 Å². The molecule has 2 bridgehead atoms. The van der Waals surface area contributed by atoms with Gasteiger partial charge >= 0.3 is 11.9 Å². The van der Waals surface area contributed by atoms with Gasteiger partial charge in [-0.2, -0.15) is 0 Å². The van der Waals surface area contributed by atoms with Crippen molar-refractivity contribution in [2.45, 2.75) is 20.0 Å². The zero-order valence-corrected chi connectivity index (χ0v) is 17.5. The van der Waals surface area contributed by atoms with Crippen LogP contribution in [0.2, 0.25) is 0 Å². The minimum Gasteiger partial charge on any atom is -0.480 e. The largest absolute Gasteiger partial charge is 0.480 e. The van der Waals surface area contributed by atoms with E-state index in [0.29, 0.717) is 39.3 Å². The minimum atomic E-state index is -0.844. The van der Waals surface area contributed by atoms with Crippen LogP contribution in [0.5, 0.6) is 0 Å². The molecule has 1 aliphatic rings. The van der Waals surface area contributed by atoms with Crippen molar-refractivity contribution in [3.8, 4) is 0 Å². The summed E-state index contributed by atoms with van der Waals surface area (Å²) in [6.07, 6.45) is 0. The highest BCUT2D eigenvalue weighted by Crippen LogP contribution is 2.09. The number of hydrogen-bond acceptors (Lipinski definition) is 7. The minimum absolute atomic E-state index is 0.000430. The molecule has 0 atom stereocenters. The summed E-state index contributed by atoms with van der Waals surface area (Å²) >= 11 is 0. The zero-order valence-electron chi connectivity index (χ0n) is 17.5. The highest BCUT2D eigenvalue weighted by Gasteiger charge is 2.17. The first kappa shape index (κ1) is 23.2. The topological polar surface area (TPSA) is 100 Å². The Morgan fingerprint density at radius 2 is 1.59 bits per heavy atom. The number of carboxylic acid groups (broad SMARTS) is 2. The summed E-state index contributed by atoms with van der Waals surface area (Å²) in [6.45, 7) is 8.54. The van der Waals surface area contributed by atoms with E-state index in [1.807, 2.05) is 23.1 Å². The fraction of sp³-hybridized carbons (Fsp3) is 0.650. The van der Waals surface area contributed by atoms with E-state index >= 15 is 0 Å². The van der Waals surface area contributed by atoms with E-state index in [4.69, 9.17) is 10.1 Å². The van der Waals surface area contributed by atoms with Gasteiger partial charge in [0.05, 0.1) is 24.5 Å². The van der Waals surface area contributed by atoms with Gasteiger partial charge in [0.1, 0.15) is 0 Å². The molecular weight excluding hydrogens is 374 g/mol. The van der Waals surface area contributed by atoms with Crippen molar-refractivity contribution >= 4 is 11.9 Å². The van der Waals surface area contributed by atoms with Crippen LogP contribution in [0.3, 0.4) is 0 Å². The summed E-state index contributed by atoms with van der Waals surface area (Å²) in [7, 11) is 1.79. The monoisotopic (exact) mass is 407 g/mol. The number of aromatic nitrogens is 1. The standard InChI is InChI=1S/C20H33N5O4/c1-3-23-9-10-25(16-20(28)29)12-11-24(8-7-22(2)15-19(26)27)14-18-6-4-5-17(13-23)21-18/h4-6H,3,7-16H2,1-2H3,(H,26,27)(H,28,29). The van der Waals surface area contributed by atoms with Crippen LogP contribution in [0, 0.1) is 0 Å². The quantitative estimate of drug-likeness (QED) is 0.622. The Hall–Kier alpha value is -2.07. The number of carbonyl (C=O) groups is 2. The van der Waals surface area contributed by atoms with Crippen LogP contribution in [0.1, 0.15) is 18.3 Å². The Bertz CT molecular complexity index is 672. The molecule has 0 saturated carbocycles. The first-order valence-corrected chi connectivity index (χ1v) is 10.1. The fourth-order valence-electron chi connectivity index (χ4n) is 3.43. The molecule has 0 saturated heterocycles. The van der Waals surface area contributed by atoms with Gasteiger partial charge in [-0.15, -0.1) is 0 Å². The number of pyridine rings is 1. The number of hydrogen-bond donors (Lipinski definition) is 2. The Morgan fingerprint density at radius 1 is 1.00 bits per heavy atom. The van der Waals surface area contributed by atoms with Crippen LogP contribution in [0.4, 0.5) is 0 Å². The number of nitrogens with zero attached hydrogens (tertiary/aromatic N) is 5. The normalized spacial score (nSPS) is 17.6. The number of fused-ring (bicyclic) bond motifs is 2. The van der Waals surface area contributed by atoms with Crippen LogP contribution in [-0.2, 0) is 22.7 Å². The molecular formula is C20H33N5O4. The maximum absolute atomic E-state index is 11.3. The number of aliphatic carboxylic acids is 2. The van der Waals surface area contributed by atoms with E-state index in [1.165, 1.54) is 0 Å². The zero-order chi connectivity index (χ0) is 21.2. The van der Waals surface area contributed by atoms with E-state index in [0.717, 1.165) is 31.0 Å². The van der Waals surface area contributed by atoms with Gasteiger partial charge in [-0.3, -0.25) is 34.2 Å². The highest BCUT2D eigenvalue weighted by atomic mass is 16.4. The van der Waals surface area contributed by atoms with E-state index < -0.39 is 11.9 Å². The summed E-state index contributed by atoms with van der Waals surface area (Å²) in [5.74, 6) is -1.66. The molecule has 0 unspecified atom stereocenters. The second-order valence-electron chi connectivity index (χ2n) is 7.57. The molecule has 29 heavy (non-hydrogen) atoms. The molecule has 162 valence electrons. The van der Waals surface area contributed by atoms with Gasteiger partial charge in [0.2, 0.25) is 0 Å². The lowest BCUT2D eigenvalue weighted by molar-refractivity contribution is -0.139. The molecule has 2 N–H and O–H groups in total. The molecule has 1 aromatic heterocycles. The molecule has 2 heterocycles. The molecule has 9 nitrogen and oxygen atoms in total. The van der Waals surface area contributed by atoms with Crippen molar-refractivity contribution < 1.29 is 19.8 Å². The van der Waals surface area contributed by atoms with Crippen molar-refractivity contribution in [3.63, 3.8) is 0 Å². The lowest BCUT2D eigenvalue weighted by atomic mass is 10.2. The van der Waals surface area contributed by atoms with Crippen molar-refractivity contribution in [2.24, 2.45) is 0 Å². The van der Waals surface area contributed by atoms with E-state index in [9.17, 15) is 14.7 Å². The third-order valence-electron chi connectivity index (χ3n) is 5.11. The highest BCUT2D eigenvalue weighted by molar-refractivity contribution is 5.69. The maximum atomic E-state index is 11.3. The van der Waals surface area contributed by atoms with Crippen LogP contribution in [0.25, 0.3) is 0 Å². The average molecular weight is 408 g/mol. The fourth-order valence-corrected chi connectivity index (χ4v) is 3.43. The van der Waals surface area contributed by atoms with E-state index in [1.54, 1.807) is 11.9 Å². The predicted molar refractivity (Wildman–Crippen MR) is 110 cm³/mol. The first-order valence-electron chi connectivity index (χ1n) is 10.1. The maximum Gasteiger partial charge on any atom is 0.317 e.